The van der Waals surface area contributed by atoms with Crippen LogP contribution in [0.5, 0.6) is 5.75 Å². The van der Waals surface area contributed by atoms with Crippen LogP contribution in [0.25, 0.3) is 11.3 Å². The van der Waals surface area contributed by atoms with Gasteiger partial charge in [0.25, 0.3) is 0 Å². The molecule has 21 heavy (non-hydrogen) atoms. The minimum absolute atomic E-state index is 0.394. The highest BCUT2D eigenvalue weighted by Gasteiger charge is 2.34. The standard InChI is InChI=1S/C14H11FN2O3S/c1-19-13(18)12-9-6-16-14(21-2)17-11(9)8-5-7(15)3-4-10(8)20-12/h3-6,12H,1-2H3/t12-/m0/s1. The number of rotatable bonds is 2. The predicted molar refractivity (Wildman–Crippen MR) is 74.6 cm³/mol. The number of fused-ring (bicyclic) bond motifs is 3. The monoisotopic (exact) mass is 306 g/mol. The molecule has 108 valence electrons. The maximum atomic E-state index is 13.5. The molecule has 2 heterocycles. The number of aromatic nitrogens is 2. The zero-order valence-electron chi connectivity index (χ0n) is 11.3. The van der Waals surface area contributed by atoms with E-state index in [1.54, 1.807) is 0 Å². The van der Waals surface area contributed by atoms with Gasteiger partial charge in [0.05, 0.1) is 12.8 Å². The molecule has 3 rings (SSSR count). The number of hydrogen-bond acceptors (Lipinski definition) is 6. The van der Waals surface area contributed by atoms with E-state index in [2.05, 4.69) is 9.97 Å². The quantitative estimate of drug-likeness (QED) is 0.483. The summed E-state index contributed by atoms with van der Waals surface area (Å²) in [6.45, 7) is 0. The molecule has 1 atom stereocenters. The van der Waals surface area contributed by atoms with Gasteiger partial charge < -0.3 is 9.47 Å². The van der Waals surface area contributed by atoms with Gasteiger partial charge in [-0.1, -0.05) is 11.8 Å². The summed E-state index contributed by atoms with van der Waals surface area (Å²) in [5.74, 6) is -0.555. The van der Waals surface area contributed by atoms with Crippen LogP contribution in [0.4, 0.5) is 4.39 Å². The number of thioether (sulfide) groups is 1. The van der Waals surface area contributed by atoms with Crippen LogP contribution in [0.15, 0.2) is 29.6 Å². The first-order valence-corrected chi connectivity index (χ1v) is 7.32. The molecule has 1 aromatic heterocycles. The second kappa shape index (κ2) is 5.33. The number of halogens is 1. The van der Waals surface area contributed by atoms with E-state index in [1.165, 1.54) is 43.3 Å². The second-order valence-corrected chi connectivity index (χ2v) is 5.10. The lowest BCUT2D eigenvalue weighted by Gasteiger charge is -2.26. The van der Waals surface area contributed by atoms with Crippen molar-refractivity contribution in [3.05, 3.63) is 35.8 Å². The summed E-state index contributed by atoms with van der Waals surface area (Å²) in [6.07, 6.45) is 2.41. The van der Waals surface area contributed by atoms with Crippen molar-refractivity contribution in [2.45, 2.75) is 11.3 Å². The van der Waals surface area contributed by atoms with Crippen molar-refractivity contribution in [2.24, 2.45) is 0 Å². The molecule has 0 radical (unpaired) electrons. The topological polar surface area (TPSA) is 61.3 Å². The lowest BCUT2D eigenvalue weighted by Crippen LogP contribution is -2.24. The number of carbonyl (C=O) groups excluding carboxylic acids is 1. The van der Waals surface area contributed by atoms with Crippen molar-refractivity contribution < 1.29 is 18.7 Å². The van der Waals surface area contributed by atoms with Crippen LogP contribution < -0.4 is 4.74 Å². The van der Waals surface area contributed by atoms with Crippen LogP contribution in [0.2, 0.25) is 0 Å². The lowest BCUT2D eigenvalue weighted by atomic mass is 9.99. The summed E-state index contributed by atoms with van der Waals surface area (Å²) >= 11 is 1.36. The highest BCUT2D eigenvalue weighted by molar-refractivity contribution is 7.98. The largest absolute Gasteiger partial charge is 0.473 e. The minimum atomic E-state index is -0.945. The van der Waals surface area contributed by atoms with E-state index in [0.29, 0.717) is 27.7 Å². The molecule has 5 nitrogen and oxygen atoms in total. The fourth-order valence-corrected chi connectivity index (χ4v) is 2.48. The minimum Gasteiger partial charge on any atom is -0.473 e. The van der Waals surface area contributed by atoms with E-state index in [1.807, 2.05) is 6.26 Å². The van der Waals surface area contributed by atoms with Gasteiger partial charge in [-0.25, -0.2) is 19.2 Å². The number of nitrogens with zero attached hydrogens (tertiary/aromatic N) is 2. The summed E-state index contributed by atoms with van der Waals surface area (Å²) in [5, 5.41) is 0.537. The first kappa shape index (κ1) is 13.8. The SMILES string of the molecule is COC(=O)[C@H]1Oc2ccc(F)cc2-c2nc(SC)ncc21. The molecule has 7 heteroatoms. The lowest BCUT2D eigenvalue weighted by molar-refractivity contribution is -0.149. The molecular weight excluding hydrogens is 295 g/mol. The Bertz CT molecular complexity index is 723. The van der Waals surface area contributed by atoms with Crippen molar-refractivity contribution in [3.8, 4) is 17.0 Å². The Morgan fingerprint density at radius 1 is 1.48 bits per heavy atom. The van der Waals surface area contributed by atoms with E-state index in [-0.39, 0.29) is 0 Å². The molecule has 1 aromatic carbocycles. The Balaban J connectivity index is 2.22. The van der Waals surface area contributed by atoms with Gasteiger partial charge in [0.2, 0.25) is 6.10 Å². The summed E-state index contributed by atoms with van der Waals surface area (Å²) in [6, 6.07) is 4.08. The smallest absolute Gasteiger partial charge is 0.351 e. The fraction of sp³-hybridized carbons (Fsp3) is 0.214. The van der Waals surface area contributed by atoms with Gasteiger partial charge in [-0.3, -0.25) is 0 Å². The highest BCUT2D eigenvalue weighted by atomic mass is 32.2. The molecule has 0 amide bonds. The Morgan fingerprint density at radius 3 is 3.00 bits per heavy atom. The molecule has 0 fully saturated rings. The summed E-state index contributed by atoms with van der Waals surface area (Å²) < 4.78 is 23.9. The summed E-state index contributed by atoms with van der Waals surface area (Å²) in [4.78, 5) is 20.4. The van der Waals surface area contributed by atoms with E-state index in [9.17, 15) is 9.18 Å². The summed E-state index contributed by atoms with van der Waals surface area (Å²) in [7, 11) is 1.28. The van der Waals surface area contributed by atoms with Gasteiger partial charge in [-0.15, -0.1) is 0 Å². The number of methoxy groups -OCH3 is 1. The Kier molecular flexibility index (Phi) is 3.50. The number of hydrogen-bond donors (Lipinski definition) is 0. The third-order valence-corrected chi connectivity index (χ3v) is 3.68. The molecule has 2 aromatic rings. The first-order valence-electron chi connectivity index (χ1n) is 6.09. The van der Waals surface area contributed by atoms with Crippen LogP contribution in [0, 0.1) is 5.82 Å². The molecule has 0 spiro atoms. The van der Waals surface area contributed by atoms with Crippen molar-refractivity contribution in [1.82, 2.24) is 9.97 Å². The van der Waals surface area contributed by atoms with E-state index >= 15 is 0 Å². The maximum Gasteiger partial charge on any atom is 0.351 e. The number of ether oxygens (including phenoxy) is 2. The Morgan fingerprint density at radius 2 is 2.29 bits per heavy atom. The van der Waals surface area contributed by atoms with Crippen LogP contribution in [-0.4, -0.2) is 29.3 Å². The molecule has 1 aliphatic rings. The molecule has 0 N–H and O–H groups in total. The van der Waals surface area contributed by atoms with Gasteiger partial charge in [0.15, 0.2) is 5.16 Å². The zero-order chi connectivity index (χ0) is 15.0. The van der Waals surface area contributed by atoms with E-state index < -0.39 is 17.9 Å². The summed E-state index contributed by atoms with van der Waals surface area (Å²) in [5.41, 5.74) is 1.46. The Hall–Kier alpha value is -2.15. The highest BCUT2D eigenvalue weighted by Crippen LogP contribution is 2.42. The molecule has 0 unspecified atom stereocenters. The average molecular weight is 306 g/mol. The maximum absolute atomic E-state index is 13.5. The van der Waals surface area contributed by atoms with Crippen molar-refractivity contribution >= 4 is 17.7 Å². The van der Waals surface area contributed by atoms with Crippen molar-refractivity contribution in [2.75, 3.05) is 13.4 Å². The van der Waals surface area contributed by atoms with Crippen LogP contribution in [0.1, 0.15) is 11.7 Å². The van der Waals surface area contributed by atoms with Crippen LogP contribution in [-0.2, 0) is 9.53 Å². The van der Waals surface area contributed by atoms with Crippen LogP contribution >= 0.6 is 11.8 Å². The van der Waals surface area contributed by atoms with Gasteiger partial charge in [-0.05, 0) is 24.5 Å². The molecule has 0 aliphatic carbocycles. The van der Waals surface area contributed by atoms with Gasteiger partial charge in [0.1, 0.15) is 11.6 Å². The fourth-order valence-electron chi connectivity index (χ4n) is 2.14. The average Bonchev–Trinajstić information content (AvgIpc) is 2.53. The van der Waals surface area contributed by atoms with Gasteiger partial charge in [-0.2, -0.15) is 0 Å². The normalized spacial score (nSPS) is 15.7. The molecular formula is C14H11FN2O3S. The van der Waals surface area contributed by atoms with E-state index in [4.69, 9.17) is 9.47 Å². The second-order valence-electron chi connectivity index (χ2n) is 4.32. The van der Waals surface area contributed by atoms with Crippen LogP contribution in [0.3, 0.4) is 0 Å². The first-order chi connectivity index (χ1) is 10.1. The molecule has 1 aliphatic heterocycles. The van der Waals surface area contributed by atoms with E-state index in [0.717, 1.165) is 0 Å². The van der Waals surface area contributed by atoms with Gasteiger partial charge >= 0.3 is 5.97 Å². The van der Waals surface area contributed by atoms with Crippen molar-refractivity contribution in [3.63, 3.8) is 0 Å². The number of esters is 1. The van der Waals surface area contributed by atoms with Crippen molar-refractivity contribution in [1.29, 1.82) is 0 Å². The number of benzene rings is 1. The molecule has 0 saturated carbocycles. The molecule has 0 bridgehead atoms. The van der Waals surface area contributed by atoms with Gasteiger partial charge in [0, 0.05) is 17.3 Å². The third kappa shape index (κ3) is 2.33. The predicted octanol–water partition coefficient (Wildman–Crippen LogP) is 2.61. The number of carbonyl (C=O) groups is 1. The zero-order valence-corrected chi connectivity index (χ0v) is 12.1. The molecule has 0 saturated heterocycles. The third-order valence-electron chi connectivity index (χ3n) is 3.12. The Labute approximate surface area is 124 Å².